The first-order chi connectivity index (χ1) is 12.1. The summed E-state index contributed by atoms with van der Waals surface area (Å²) in [7, 11) is 1.35. The Balaban J connectivity index is 1.61. The summed E-state index contributed by atoms with van der Waals surface area (Å²) in [6, 6.07) is 7.29. The number of amides is 2. The van der Waals surface area contributed by atoms with Crippen molar-refractivity contribution in [3.05, 3.63) is 24.3 Å². The number of hydrogen-bond donors (Lipinski definition) is 0. The Kier molecular flexibility index (Phi) is 5.47. The first-order valence-electron chi connectivity index (χ1n) is 8.09. The summed E-state index contributed by atoms with van der Waals surface area (Å²) in [6.45, 7) is 1.23. The van der Waals surface area contributed by atoms with Crippen molar-refractivity contribution in [3.63, 3.8) is 0 Å². The Morgan fingerprint density at radius 3 is 2.96 bits per heavy atom. The fourth-order valence-corrected chi connectivity index (χ4v) is 4.04. The molecule has 0 saturated carbocycles. The van der Waals surface area contributed by atoms with Crippen molar-refractivity contribution in [1.29, 1.82) is 0 Å². The summed E-state index contributed by atoms with van der Waals surface area (Å²) >= 11 is 1.50. The van der Waals surface area contributed by atoms with Crippen LogP contribution < -0.4 is 9.64 Å². The predicted octanol–water partition coefficient (Wildman–Crippen LogP) is 0.919. The van der Waals surface area contributed by atoms with Crippen LogP contribution in [0.15, 0.2) is 24.3 Å². The van der Waals surface area contributed by atoms with Gasteiger partial charge in [-0.05, 0) is 12.1 Å². The van der Waals surface area contributed by atoms with Crippen LogP contribution in [0.3, 0.4) is 0 Å². The van der Waals surface area contributed by atoms with E-state index in [2.05, 4.69) is 0 Å². The number of rotatable bonds is 4. The summed E-state index contributed by atoms with van der Waals surface area (Å²) in [6.07, 6.45) is 0.207. The molecule has 1 aromatic rings. The Morgan fingerprint density at radius 2 is 2.16 bits per heavy atom. The zero-order valence-electron chi connectivity index (χ0n) is 14.0. The summed E-state index contributed by atoms with van der Waals surface area (Å²) in [5, 5.41) is -0.339. The van der Waals surface area contributed by atoms with Gasteiger partial charge in [-0.1, -0.05) is 12.1 Å². The third kappa shape index (κ3) is 3.89. The minimum atomic E-state index is -0.339. The van der Waals surface area contributed by atoms with Gasteiger partial charge in [-0.2, -0.15) is 0 Å². The number of ether oxygens (including phenoxy) is 2. The number of para-hydroxylation sites is 2. The lowest BCUT2D eigenvalue weighted by Crippen LogP contribution is -2.46. The normalized spacial score (nSPS) is 19.9. The molecule has 0 bridgehead atoms. The molecule has 2 heterocycles. The average molecular weight is 364 g/mol. The van der Waals surface area contributed by atoms with Gasteiger partial charge in [0.2, 0.25) is 5.91 Å². The third-order valence-corrected chi connectivity index (χ3v) is 5.40. The van der Waals surface area contributed by atoms with Crippen LogP contribution in [0.25, 0.3) is 0 Å². The molecule has 25 heavy (non-hydrogen) atoms. The molecule has 0 aromatic heterocycles. The molecule has 134 valence electrons. The van der Waals surface area contributed by atoms with Crippen LogP contribution in [-0.2, 0) is 19.1 Å². The van der Waals surface area contributed by atoms with Crippen LogP contribution in [0.2, 0.25) is 0 Å². The van der Waals surface area contributed by atoms with E-state index in [0.29, 0.717) is 36.8 Å². The fourth-order valence-electron chi connectivity index (χ4n) is 2.91. The first kappa shape index (κ1) is 17.6. The second kappa shape index (κ2) is 7.77. The SMILES string of the molecule is COC(=O)[C@H]1CN(C(=O)CCN2C(=O)COc3ccccc32)CCS1. The largest absolute Gasteiger partial charge is 0.482 e. The van der Waals surface area contributed by atoms with Crippen molar-refractivity contribution in [1.82, 2.24) is 4.90 Å². The highest BCUT2D eigenvalue weighted by molar-refractivity contribution is 8.00. The molecule has 0 aliphatic carbocycles. The average Bonchev–Trinajstić information content (AvgIpc) is 2.66. The smallest absolute Gasteiger partial charge is 0.320 e. The van der Waals surface area contributed by atoms with E-state index in [-0.39, 0.29) is 36.1 Å². The molecule has 1 saturated heterocycles. The predicted molar refractivity (Wildman–Crippen MR) is 93.7 cm³/mol. The lowest BCUT2D eigenvalue weighted by molar-refractivity contribution is -0.141. The standard InChI is InChI=1S/C17H20N2O5S/c1-23-17(22)14-10-18(8-9-25-14)15(20)6-7-19-12-4-2-3-5-13(12)24-11-16(19)21/h2-5,14H,6-11H2,1H3/t14-/m1/s1. The number of esters is 1. The van der Waals surface area contributed by atoms with Gasteiger partial charge in [-0.25, -0.2) is 0 Å². The number of benzene rings is 1. The highest BCUT2D eigenvalue weighted by Gasteiger charge is 2.31. The van der Waals surface area contributed by atoms with Crippen LogP contribution in [0.1, 0.15) is 6.42 Å². The van der Waals surface area contributed by atoms with Gasteiger partial charge >= 0.3 is 5.97 Å². The molecule has 3 rings (SSSR count). The van der Waals surface area contributed by atoms with Crippen LogP contribution >= 0.6 is 11.8 Å². The van der Waals surface area contributed by atoms with E-state index in [0.717, 1.165) is 0 Å². The molecule has 2 aliphatic rings. The number of nitrogens with zero attached hydrogens (tertiary/aromatic N) is 2. The minimum Gasteiger partial charge on any atom is -0.482 e. The summed E-state index contributed by atoms with van der Waals surface area (Å²) in [5.74, 6) is 0.818. The van der Waals surface area contributed by atoms with Gasteiger partial charge in [0.1, 0.15) is 11.0 Å². The van der Waals surface area contributed by atoms with Crippen molar-refractivity contribution in [2.45, 2.75) is 11.7 Å². The van der Waals surface area contributed by atoms with Crippen molar-refractivity contribution >= 4 is 35.2 Å². The van der Waals surface area contributed by atoms with Crippen molar-refractivity contribution < 1.29 is 23.9 Å². The van der Waals surface area contributed by atoms with E-state index in [9.17, 15) is 14.4 Å². The molecule has 1 atom stereocenters. The molecular weight excluding hydrogens is 344 g/mol. The summed E-state index contributed by atoms with van der Waals surface area (Å²) in [5.41, 5.74) is 0.688. The van der Waals surface area contributed by atoms with Gasteiger partial charge in [0, 0.05) is 31.8 Å². The van der Waals surface area contributed by atoms with Gasteiger partial charge in [-0.15, -0.1) is 11.8 Å². The quantitative estimate of drug-likeness (QED) is 0.740. The van der Waals surface area contributed by atoms with Crippen molar-refractivity contribution in [3.8, 4) is 5.75 Å². The number of carbonyl (C=O) groups is 3. The molecule has 1 fully saturated rings. The number of fused-ring (bicyclic) bond motifs is 1. The second-order valence-electron chi connectivity index (χ2n) is 5.77. The van der Waals surface area contributed by atoms with Crippen LogP contribution in [-0.4, -0.2) is 67.0 Å². The van der Waals surface area contributed by atoms with Crippen molar-refractivity contribution in [2.75, 3.05) is 44.0 Å². The van der Waals surface area contributed by atoms with Gasteiger partial charge in [0.25, 0.3) is 5.91 Å². The molecule has 0 N–H and O–H groups in total. The molecule has 2 amide bonds. The first-order valence-corrected chi connectivity index (χ1v) is 9.14. The lowest BCUT2D eigenvalue weighted by atomic mass is 10.2. The third-order valence-electron chi connectivity index (χ3n) is 4.24. The highest BCUT2D eigenvalue weighted by atomic mass is 32.2. The van der Waals surface area contributed by atoms with E-state index in [1.54, 1.807) is 15.9 Å². The zero-order chi connectivity index (χ0) is 17.8. The van der Waals surface area contributed by atoms with E-state index in [1.165, 1.54) is 18.9 Å². The molecule has 8 heteroatoms. The molecule has 7 nitrogen and oxygen atoms in total. The molecule has 2 aliphatic heterocycles. The number of thioether (sulfide) groups is 1. The van der Waals surface area contributed by atoms with Gasteiger partial charge in [0.05, 0.1) is 12.8 Å². The Labute approximate surface area is 150 Å². The topological polar surface area (TPSA) is 76.2 Å². The van der Waals surface area contributed by atoms with Gasteiger partial charge in [0.15, 0.2) is 6.61 Å². The minimum absolute atomic E-state index is 0.0179. The van der Waals surface area contributed by atoms with E-state index in [4.69, 9.17) is 9.47 Å². The van der Waals surface area contributed by atoms with E-state index >= 15 is 0 Å². The lowest BCUT2D eigenvalue weighted by Gasteiger charge is -2.33. The van der Waals surface area contributed by atoms with Gasteiger partial charge < -0.3 is 19.3 Å². The van der Waals surface area contributed by atoms with E-state index < -0.39 is 0 Å². The monoisotopic (exact) mass is 364 g/mol. The number of carbonyl (C=O) groups excluding carboxylic acids is 3. The van der Waals surface area contributed by atoms with Crippen LogP contribution in [0.5, 0.6) is 5.75 Å². The number of methoxy groups -OCH3 is 1. The van der Waals surface area contributed by atoms with Crippen molar-refractivity contribution in [2.24, 2.45) is 0 Å². The Hall–Kier alpha value is -2.22. The maximum atomic E-state index is 12.5. The van der Waals surface area contributed by atoms with Gasteiger partial charge in [-0.3, -0.25) is 14.4 Å². The number of hydrogen-bond acceptors (Lipinski definition) is 6. The molecular formula is C17H20N2O5S. The van der Waals surface area contributed by atoms with Crippen LogP contribution in [0.4, 0.5) is 5.69 Å². The fraction of sp³-hybridized carbons (Fsp3) is 0.471. The zero-order valence-corrected chi connectivity index (χ0v) is 14.8. The van der Waals surface area contributed by atoms with E-state index in [1.807, 2.05) is 18.2 Å². The molecule has 1 aromatic carbocycles. The summed E-state index contributed by atoms with van der Waals surface area (Å²) < 4.78 is 10.2. The Bertz CT molecular complexity index is 681. The second-order valence-corrected chi connectivity index (χ2v) is 7.08. The number of anilines is 1. The Morgan fingerprint density at radius 1 is 1.36 bits per heavy atom. The van der Waals surface area contributed by atoms with Crippen LogP contribution in [0, 0.1) is 0 Å². The maximum absolute atomic E-state index is 12.5. The molecule has 0 spiro atoms. The highest BCUT2D eigenvalue weighted by Crippen LogP contribution is 2.31. The maximum Gasteiger partial charge on any atom is 0.320 e. The molecule has 0 unspecified atom stereocenters. The molecule has 0 radical (unpaired) electrons. The summed E-state index contributed by atoms with van der Waals surface area (Å²) in [4.78, 5) is 39.6.